The topological polar surface area (TPSA) is 127 Å². The molecule has 0 saturated carbocycles. The van der Waals surface area contributed by atoms with Gasteiger partial charge in [-0.2, -0.15) is 0 Å². The Kier molecular flexibility index (Phi) is 24.1. The molecule has 0 amide bonds. The highest BCUT2D eigenvalue weighted by atomic mass is 31.2. The first-order valence-electron chi connectivity index (χ1n) is 24.2. The molecule has 2 radical (unpaired) electrons. The monoisotopic (exact) mass is 1130 g/mol. The van der Waals surface area contributed by atoms with Crippen LogP contribution in [0.1, 0.15) is 0 Å². The van der Waals surface area contributed by atoms with Crippen molar-refractivity contribution in [1.82, 2.24) is 18.7 Å². The van der Waals surface area contributed by atoms with Gasteiger partial charge in [0.1, 0.15) is 53.6 Å². The summed E-state index contributed by atoms with van der Waals surface area (Å²) in [5.74, 6) is 5.60. The molecule has 0 bridgehead atoms. The summed E-state index contributed by atoms with van der Waals surface area (Å²) in [5.41, 5.74) is 2.11. The zero-order valence-electron chi connectivity index (χ0n) is 48.6. The minimum absolute atomic E-state index is 0.680. The van der Waals surface area contributed by atoms with Crippen molar-refractivity contribution in [2.75, 3.05) is 151 Å². The molecule has 0 unspecified atom stereocenters. The van der Waals surface area contributed by atoms with Gasteiger partial charge in [0.15, 0.2) is 0 Å². The van der Waals surface area contributed by atoms with E-state index in [0.717, 1.165) is 60.0 Å². The Bertz CT molecular complexity index is 2830. The van der Waals surface area contributed by atoms with Crippen LogP contribution in [0.5, 0.6) is 46.0 Å². The molecular weight excluding hydrogens is 1050 g/mol. The molecule has 77 heavy (non-hydrogen) atoms. The van der Waals surface area contributed by atoms with Crippen LogP contribution in [-0.4, -0.2) is 168 Å². The Morgan fingerprint density at radius 1 is 0.351 bits per heavy atom. The lowest BCUT2D eigenvalue weighted by Gasteiger charge is -2.35. The van der Waals surface area contributed by atoms with Gasteiger partial charge in [-0.15, -0.1) is 0 Å². The summed E-state index contributed by atoms with van der Waals surface area (Å²) in [6, 6.07) is 36.9. The lowest BCUT2D eigenvalue weighted by molar-refractivity contribution is 0.396. The molecule has 0 aliphatic heterocycles. The Hall–Kier alpha value is -5.46. The van der Waals surface area contributed by atoms with E-state index in [9.17, 15) is 9.13 Å². The normalized spacial score (nSPS) is 11.5. The van der Waals surface area contributed by atoms with Gasteiger partial charge in [-0.05, 0) is 155 Å². The third kappa shape index (κ3) is 14.8. The Balaban J connectivity index is 0.000000276. The number of hydrogen-bond donors (Lipinski definition) is 0. The molecule has 0 saturated heterocycles. The fourth-order valence-corrected chi connectivity index (χ4v) is 17.3. The van der Waals surface area contributed by atoms with Crippen LogP contribution in [0.3, 0.4) is 0 Å². The van der Waals surface area contributed by atoms with Crippen molar-refractivity contribution in [2.24, 2.45) is 0 Å². The van der Waals surface area contributed by atoms with E-state index in [1.165, 1.54) is 0 Å². The van der Waals surface area contributed by atoms with Crippen molar-refractivity contribution in [2.45, 2.75) is 0 Å². The third-order valence-electron chi connectivity index (χ3n) is 12.4. The van der Waals surface area contributed by atoms with Crippen LogP contribution in [-0.2, 0) is 9.13 Å². The number of ether oxygens (including phenoxy) is 8. The summed E-state index contributed by atoms with van der Waals surface area (Å²) in [4.78, 5) is 4.08. The maximum atomic E-state index is 14.7. The molecule has 0 heterocycles. The quantitative estimate of drug-likeness (QED) is 0.0524. The van der Waals surface area contributed by atoms with Gasteiger partial charge in [0.2, 0.25) is 14.9 Å². The second-order valence-electron chi connectivity index (χ2n) is 18.3. The predicted molar refractivity (Wildman–Crippen MR) is 327 cm³/mol. The first-order valence-corrected chi connectivity index (χ1v) is 30.2. The second-order valence-corrected chi connectivity index (χ2v) is 28.5. The first-order chi connectivity index (χ1) is 36.5. The predicted octanol–water partition coefficient (Wildman–Crippen LogP) is 7.42. The SMILES string of the molecule is CN(C)c1ccc(P(=O)(N(C)C)N(C)C)cc1.COc1ccc(P(c2ccc(OC)cc2OC)c2cc(N(C)C)ccc2P(=O)(N(C)C)N(C)C)c(OC)c1.[B]P(c1ccc(OC)cc1OC)c1ccc(OC)cc1OC. The Labute approximate surface area is 462 Å². The fourth-order valence-electron chi connectivity index (χ4n) is 8.19. The van der Waals surface area contributed by atoms with Gasteiger partial charge < -0.3 is 47.7 Å². The highest BCUT2D eigenvalue weighted by Gasteiger charge is 2.37. The van der Waals surface area contributed by atoms with E-state index < -0.39 is 30.6 Å². The van der Waals surface area contributed by atoms with Gasteiger partial charge in [0.25, 0.3) is 0 Å². The van der Waals surface area contributed by atoms with Crippen LogP contribution in [0.25, 0.3) is 0 Å². The number of methoxy groups -OCH3 is 8. The van der Waals surface area contributed by atoms with Crippen LogP contribution in [0.2, 0.25) is 0 Å². The van der Waals surface area contributed by atoms with Crippen molar-refractivity contribution in [1.29, 1.82) is 0 Å². The Morgan fingerprint density at radius 2 is 0.662 bits per heavy atom. The zero-order valence-corrected chi connectivity index (χ0v) is 52.2. The van der Waals surface area contributed by atoms with Crippen LogP contribution in [0, 0.1) is 0 Å². The van der Waals surface area contributed by atoms with Crippen molar-refractivity contribution in [3.05, 3.63) is 115 Å². The zero-order chi connectivity index (χ0) is 57.5. The number of hydrogen-bond acceptors (Lipinski definition) is 12. The summed E-state index contributed by atoms with van der Waals surface area (Å²) in [6.07, 6.45) is 0. The second kappa shape index (κ2) is 29.0. The molecule has 21 heteroatoms. The van der Waals surface area contributed by atoms with Crippen LogP contribution >= 0.6 is 30.6 Å². The van der Waals surface area contributed by atoms with E-state index in [4.69, 9.17) is 45.5 Å². The number of anilines is 2. The van der Waals surface area contributed by atoms with Crippen molar-refractivity contribution < 1.29 is 47.0 Å². The molecule has 6 aromatic rings. The number of benzene rings is 6. The summed E-state index contributed by atoms with van der Waals surface area (Å²) in [6.45, 7) is 0. The maximum absolute atomic E-state index is 14.7. The first kappa shape index (κ1) is 64.1. The van der Waals surface area contributed by atoms with Crippen molar-refractivity contribution in [3.8, 4) is 46.0 Å². The molecule has 416 valence electrons. The van der Waals surface area contributed by atoms with E-state index in [2.05, 4.69) is 6.07 Å². The molecule has 0 aliphatic rings. The molecule has 0 aliphatic carbocycles. The lowest BCUT2D eigenvalue weighted by atomic mass is 10.3. The van der Waals surface area contributed by atoms with Crippen LogP contribution < -0.4 is 84.8 Å². The van der Waals surface area contributed by atoms with E-state index in [-0.39, 0.29) is 0 Å². The summed E-state index contributed by atoms with van der Waals surface area (Å²) in [7, 11) is 34.1. The minimum Gasteiger partial charge on any atom is -0.497 e. The molecule has 16 nitrogen and oxygen atoms in total. The smallest absolute Gasteiger partial charge is 0.245 e. The average Bonchev–Trinajstić information content (AvgIpc) is 3.44. The third-order valence-corrected chi connectivity index (χ3v) is 23.3. The fraction of sp³-hybridized carbons (Fsp3) is 0.357. The average molecular weight is 1130 g/mol. The standard InChI is InChI=1S/C28H39N3O5P2.C16H18BO4P.C12H22N3OP/c1-29(2)20-11-16-28(38(32,30(3)4)31(5)6)27(17-20)37(25-14-12-21(33-7)18-23(25)35-9)26-15-13-22(34-8)19-24(26)36-10;1-18-11-5-7-15(13(9-11)20-3)22(17)16-8-6-12(19-2)10-14(16)21-4;1-13(2)11-7-9-12(10-8-11)17(16,14(3)4)15(5)6/h11-19H,1-10H3;5-10H,1-4H3;7-10H,1-6H3. The van der Waals surface area contributed by atoms with Crippen LogP contribution in [0.15, 0.2) is 115 Å². The van der Waals surface area contributed by atoms with E-state index in [1.807, 2.05) is 213 Å². The molecule has 6 aromatic carbocycles. The molecule has 0 spiro atoms. The van der Waals surface area contributed by atoms with Gasteiger partial charge in [-0.1, -0.05) is 7.80 Å². The van der Waals surface area contributed by atoms with Gasteiger partial charge in [-0.3, -0.25) is 9.13 Å². The summed E-state index contributed by atoms with van der Waals surface area (Å²) < 4.78 is 79.0. The minimum atomic E-state index is -3.14. The van der Waals surface area contributed by atoms with Crippen molar-refractivity contribution >= 4 is 86.7 Å². The largest absolute Gasteiger partial charge is 0.497 e. The molecule has 0 aromatic heterocycles. The Morgan fingerprint density at radius 3 is 0.961 bits per heavy atom. The molecule has 6 rings (SSSR count). The number of rotatable bonds is 21. The highest BCUT2D eigenvalue weighted by molar-refractivity contribution is 7.94. The van der Waals surface area contributed by atoms with E-state index in [1.54, 1.807) is 66.2 Å². The molecule has 0 fully saturated rings. The van der Waals surface area contributed by atoms with Gasteiger partial charge in [-0.25, -0.2) is 18.7 Å². The molecule has 0 N–H and O–H groups in total. The van der Waals surface area contributed by atoms with Crippen molar-refractivity contribution in [3.63, 3.8) is 0 Å². The van der Waals surface area contributed by atoms with Gasteiger partial charge in [0.05, 0.1) is 56.9 Å². The van der Waals surface area contributed by atoms with Crippen LogP contribution in [0.4, 0.5) is 11.4 Å². The molecule has 0 atom stereocenters. The number of nitrogens with zero attached hydrogens (tertiary/aromatic N) is 6. The van der Waals surface area contributed by atoms with Gasteiger partial charge >= 0.3 is 0 Å². The maximum Gasteiger partial charge on any atom is 0.245 e. The lowest BCUT2D eigenvalue weighted by Crippen LogP contribution is -2.39. The summed E-state index contributed by atoms with van der Waals surface area (Å²) >= 11 is 0. The summed E-state index contributed by atoms with van der Waals surface area (Å²) in [5, 5.41) is 6.31. The van der Waals surface area contributed by atoms with Gasteiger partial charge in [0, 0.05) is 101 Å². The van der Waals surface area contributed by atoms with E-state index >= 15 is 0 Å². The van der Waals surface area contributed by atoms with E-state index in [0.29, 0.717) is 34.5 Å². The molecular formula is C56H79BN6O10P4. The highest BCUT2D eigenvalue weighted by Crippen LogP contribution is 2.52.